The lowest BCUT2D eigenvalue weighted by Crippen LogP contribution is -2.39. The van der Waals surface area contributed by atoms with Gasteiger partial charge in [0.2, 0.25) is 0 Å². The van der Waals surface area contributed by atoms with Crippen LogP contribution in [-0.4, -0.2) is 67.4 Å². The topological polar surface area (TPSA) is 76.7 Å². The second-order valence-electron chi connectivity index (χ2n) is 7.55. The van der Waals surface area contributed by atoms with Gasteiger partial charge >= 0.3 is 5.97 Å². The van der Waals surface area contributed by atoms with Gasteiger partial charge < -0.3 is 19.2 Å². The van der Waals surface area contributed by atoms with Gasteiger partial charge in [0.05, 0.1) is 38.1 Å². The summed E-state index contributed by atoms with van der Waals surface area (Å²) >= 11 is 0. The zero-order chi connectivity index (χ0) is 19.5. The van der Waals surface area contributed by atoms with E-state index in [4.69, 9.17) is 14.2 Å². The standard InChI is InChI=1S/C21H29N3O4/c1-3-28-21(25)20-15(13-26-2)19-17(11-22-20)23-16-6-4-5-14(18(16)19)12-24-7-9-27-10-8-24/h11,14,23H,3-10,12-13H2,1-2H3. The van der Waals surface area contributed by atoms with Crippen molar-refractivity contribution >= 4 is 16.9 Å². The predicted molar refractivity (Wildman–Crippen MR) is 106 cm³/mol. The zero-order valence-electron chi connectivity index (χ0n) is 16.8. The fourth-order valence-corrected chi connectivity index (χ4v) is 4.59. The first kappa shape index (κ1) is 19.4. The van der Waals surface area contributed by atoms with E-state index < -0.39 is 0 Å². The fraction of sp³-hybridized carbons (Fsp3) is 0.619. The van der Waals surface area contributed by atoms with Crippen LogP contribution >= 0.6 is 0 Å². The highest BCUT2D eigenvalue weighted by atomic mass is 16.5. The molecule has 1 N–H and O–H groups in total. The monoisotopic (exact) mass is 387 g/mol. The number of fused-ring (bicyclic) bond motifs is 3. The molecule has 4 rings (SSSR count). The number of pyridine rings is 1. The van der Waals surface area contributed by atoms with Gasteiger partial charge in [-0.2, -0.15) is 0 Å². The van der Waals surface area contributed by atoms with E-state index in [9.17, 15) is 4.79 Å². The van der Waals surface area contributed by atoms with Gasteiger partial charge in [-0.25, -0.2) is 9.78 Å². The van der Waals surface area contributed by atoms with E-state index in [0.717, 1.165) is 62.2 Å². The van der Waals surface area contributed by atoms with E-state index in [-0.39, 0.29) is 5.97 Å². The second kappa shape index (κ2) is 8.59. The number of morpholine rings is 1. The van der Waals surface area contributed by atoms with Crippen molar-refractivity contribution in [3.05, 3.63) is 28.7 Å². The molecule has 7 nitrogen and oxygen atoms in total. The number of ether oxygens (including phenoxy) is 3. The molecule has 2 aromatic rings. The molecule has 0 bridgehead atoms. The molecule has 7 heteroatoms. The maximum atomic E-state index is 12.5. The van der Waals surface area contributed by atoms with Crippen LogP contribution in [0.3, 0.4) is 0 Å². The lowest BCUT2D eigenvalue weighted by molar-refractivity contribution is 0.0343. The average molecular weight is 387 g/mol. The Hall–Kier alpha value is -1.96. The zero-order valence-corrected chi connectivity index (χ0v) is 16.8. The fourth-order valence-electron chi connectivity index (χ4n) is 4.59. The number of carbonyl (C=O) groups is 1. The first-order valence-corrected chi connectivity index (χ1v) is 10.2. The van der Waals surface area contributed by atoms with Crippen molar-refractivity contribution in [2.45, 2.75) is 38.7 Å². The quantitative estimate of drug-likeness (QED) is 0.768. The van der Waals surface area contributed by atoms with Gasteiger partial charge in [-0.3, -0.25) is 4.90 Å². The van der Waals surface area contributed by atoms with Crippen LogP contribution in [0, 0.1) is 0 Å². The Labute approximate surface area is 165 Å². The molecule has 0 amide bonds. The highest BCUT2D eigenvalue weighted by Crippen LogP contribution is 2.40. The first-order chi connectivity index (χ1) is 13.7. The minimum Gasteiger partial charge on any atom is -0.461 e. The Morgan fingerprint density at radius 3 is 2.96 bits per heavy atom. The molecule has 3 heterocycles. The minimum absolute atomic E-state index is 0.329. The van der Waals surface area contributed by atoms with Crippen molar-refractivity contribution in [1.29, 1.82) is 0 Å². The molecule has 2 aliphatic rings. The molecule has 0 radical (unpaired) electrons. The summed E-state index contributed by atoms with van der Waals surface area (Å²) in [5, 5.41) is 1.10. The smallest absolute Gasteiger partial charge is 0.357 e. The molecule has 1 fully saturated rings. The van der Waals surface area contributed by atoms with E-state index in [1.165, 1.54) is 17.7 Å². The van der Waals surface area contributed by atoms with Crippen molar-refractivity contribution in [3.8, 4) is 0 Å². The second-order valence-corrected chi connectivity index (χ2v) is 7.55. The van der Waals surface area contributed by atoms with Gasteiger partial charge in [-0.05, 0) is 37.7 Å². The van der Waals surface area contributed by atoms with Gasteiger partial charge in [0.25, 0.3) is 0 Å². The molecular weight excluding hydrogens is 358 g/mol. The van der Waals surface area contributed by atoms with E-state index in [1.807, 2.05) is 6.92 Å². The first-order valence-electron chi connectivity index (χ1n) is 10.2. The van der Waals surface area contributed by atoms with Gasteiger partial charge in [0.15, 0.2) is 5.69 Å². The number of methoxy groups -OCH3 is 1. The molecule has 0 aromatic carbocycles. The summed E-state index contributed by atoms with van der Waals surface area (Å²) in [6.07, 6.45) is 5.13. The van der Waals surface area contributed by atoms with Crippen LogP contribution in [-0.2, 0) is 27.2 Å². The number of aromatic nitrogens is 2. The number of H-pyrrole nitrogens is 1. The van der Waals surface area contributed by atoms with Gasteiger partial charge in [0, 0.05) is 43.4 Å². The highest BCUT2D eigenvalue weighted by molar-refractivity contribution is 5.97. The van der Waals surface area contributed by atoms with Crippen molar-refractivity contribution in [3.63, 3.8) is 0 Å². The third kappa shape index (κ3) is 3.66. The molecule has 1 unspecified atom stereocenters. The van der Waals surface area contributed by atoms with Crippen LogP contribution in [0.5, 0.6) is 0 Å². The van der Waals surface area contributed by atoms with Gasteiger partial charge in [-0.15, -0.1) is 0 Å². The van der Waals surface area contributed by atoms with E-state index in [1.54, 1.807) is 13.3 Å². The van der Waals surface area contributed by atoms with Crippen molar-refractivity contribution in [2.24, 2.45) is 0 Å². The Morgan fingerprint density at radius 1 is 1.39 bits per heavy atom. The average Bonchev–Trinajstić information content (AvgIpc) is 3.09. The van der Waals surface area contributed by atoms with Crippen LogP contribution in [0.25, 0.3) is 10.9 Å². The van der Waals surface area contributed by atoms with Crippen LogP contribution in [0.1, 0.15) is 53.0 Å². The third-order valence-electron chi connectivity index (χ3n) is 5.79. The summed E-state index contributed by atoms with van der Waals surface area (Å²) in [5.74, 6) is 0.0515. The minimum atomic E-state index is -0.382. The normalized spacial score (nSPS) is 20.3. The molecule has 0 saturated carbocycles. The predicted octanol–water partition coefficient (Wildman–Crippen LogP) is 2.64. The Morgan fingerprint density at radius 2 is 2.21 bits per heavy atom. The van der Waals surface area contributed by atoms with Crippen molar-refractivity contribution < 1.29 is 19.0 Å². The summed E-state index contributed by atoms with van der Waals surface area (Å²) in [7, 11) is 1.65. The number of nitrogens with zero attached hydrogens (tertiary/aromatic N) is 2. The van der Waals surface area contributed by atoms with Gasteiger partial charge in [-0.1, -0.05) is 0 Å². The number of esters is 1. The number of aryl methyl sites for hydroxylation is 1. The number of rotatable bonds is 6. The van der Waals surface area contributed by atoms with E-state index in [0.29, 0.717) is 24.8 Å². The molecule has 1 atom stereocenters. The van der Waals surface area contributed by atoms with Crippen LogP contribution in [0.4, 0.5) is 0 Å². The van der Waals surface area contributed by atoms with Gasteiger partial charge in [0.1, 0.15) is 0 Å². The van der Waals surface area contributed by atoms with Crippen LogP contribution < -0.4 is 0 Å². The molecule has 0 spiro atoms. The highest BCUT2D eigenvalue weighted by Gasteiger charge is 2.30. The van der Waals surface area contributed by atoms with Crippen LogP contribution in [0.2, 0.25) is 0 Å². The summed E-state index contributed by atoms with van der Waals surface area (Å²) in [5.41, 5.74) is 4.81. The SMILES string of the molecule is CCOC(=O)c1ncc2[nH]c3c(c2c1COC)C(CN1CCOCC1)CCC3. The number of hydrogen-bond donors (Lipinski definition) is 1. The molecule has 1 saturated heterocycles. The summed E-state index contributed by atoms with van der Waals surface area (Å²) < 4.78 is 16.2. The summed E-state index contributed by atoms with van der Waals surface area (Å²) in [6, 6.07) is 0. The lowest BCUT2D eigenvalue weighted by Gasteiger charge is -2.32. The number of nitrogens with one attached hydrogen (secondary N) is 1. The third-order valence-corrected chi connectivity index (χ3v) is 5.79. The Bertz CT molecular complexity index is 842. The molecule has 1 aliphatic heterocycles. The molecule has 28 heavy (non-hydrogen) atoms. The molecule has 1 aliphatic carbocycles. The number of hydrogen-bond acceptors (Lipinski definition) is 6. The van der Waals surface area contributed by atoms with E-state index in [2.05, 4.69) is 14.9 Å². The van der Waals surface area contributed by atoms with E-state index >= 15 is 0 Å². The Balaban J connectivity index is 1.78. The molecule has 2 aromatic heterocycles. The number of carbonyl (C=O) groups excluding carboxylic acids is 1. The van der Waals surface area contributed by atoms with Crippen LogP contribution in [0.15, 0.2) is 6.20 Å². The molecule has 152 valence electrons. The maximum absolute atomic E-state index is 12.5. The lowest BCUT2D eigenvalue weighted by atomic mass is 9.83. The molecular formula is C21H29N3O4. The Kier molecular flexibility index (Phi) is 5.94. The summed E-state index contributed by atoms with van der Waals surface area (Å²) in [6.45, 7) is 7.07. The summed E-state index contributed by atoms with van der Waals surface area (Å²) in [4.78, 5) is 23.0. The maximum Gasteiger partial charge on any atom is 0.357 e. The van der Waals surface area contributed by atoms with Crippen molar-refractivity contribution in [2.75, 3.05) is 46.6 Å². The van der Waals surface area contributed by atoms with Crippen molar-refractivity contribution in [1.82, 2.24) is 14.9 Å². The number of aromatic amines is 1. The largest absolute Gasteiger partial charge is 0.461 e.